The molecule has 0 aromatic rings. The van der Waals surface area contributed by atoms with Crippen molar-refractivity contribution in [1.29, 1.82) is 0 Å². The lowest BCUT2D eigenvalue weighted by Gasteiger charge is -2.32. The molecule has 0 radical (unpaired) electrons. The van der Waals surface area contributed by atoms with Crippen molar-refractivity contribution in [3.05, 3.63) is 0 Å². The Kier molecular flexibility index (Phi) is 9.18. The van der Waals surface area contributed by atoms with E-state index in [0.29, 0.717) is 5.54 Å². The van der Waals surface area contributed by atoms with Crippen LogP contribution in [0.2, 0.25) is 0 Å². The Hall–Kier alpha value is -0.0400. The summed E-state index contributed by atoms with van der Waals surface area (Å²) in [5.41, 5.74) is 0.421. The van der Waals surface area contributed by atoms with Crippen LogP contribution < -0.4 is 5.32 Å². The Bertz CT molecular complexity index is 119. The van der Waals surface area contributed by atoms with Crippen LogP contribution in [0.15, 0.2) is 0 Å². The molecule has 0 unspecified atom stereocenters. The molecule has 0 amide bonds. The van der Waals surface area contributed by atoms with Gasteiger partial charge in [-0.05, 0) is 32.2 Å². The quantitative estimate of drug-likeness (QED) is 0.526. The van der Waals surface area contributed by atoms with E-state index in [-0.39, 0.29) is 0 Å². The highest BCUT2D eigenvalue weighted by Gasteiger charge is 2.21. The molecule has 0 aliphatic heterocycles. The summed E-state index contributed by atoms with van der Waals surface area (Å²) < 4.78 is 0. The molecule has 1 heteroatoms. The number of nitrogens with one attached hydrogen (secondary N) is 1. The zero-order valence-corrected chi connectivity index (χ0v) is 11.4. The molecule has 0 saturated heterocycles. The molecule has 0 bridgehead atoms. The van der Waals surface area contributed by atoms with Gasteiger partial charge >= 0.3 is 0 Å². The summed E-state index contributed by atoms with van der Waals surface area (Å²) in [5.74, 6) is 0. The molecule has 15 heavy (non-hydrogen) atoms. The van der Waals surface area contributed by atoms with E-state index in [1.165, 1.54) is 57.9 Å². The second kappa shape index (κ2) is 9.21. The maximum absolute atomic E-state index is 3.76. The Balaban J connectivity index is 3.54. The van der Waals surface area contributed by atoms with E-state index in [1.54, 1.807) is 0 Å². The van der Waals surface area contributed by atoms with Gasteiger partial charge in [0.05, 0.1) is 0 Å². The molecule has 0 aromatic carbocycles. The Morgan fingerprint density at radius 2 is 1.27 bits per heavy atom. The Morgan fingerprint density at radius 1 is 0.733 bits per heavy atom. The zero-order valence-electron chi connectivity index (χ0n) is 11.4. The van der Waals surface area contributed by atoms with Crippen molar-refractivity contribution in [2.45, 2.75) is 84.6 Å². The van der Waals surface area contributed by atoms with E-state index in [9.17, 15) is 0 Å². The van der Waals surface area contributed by atoms with E-state index < -0.39 is 0 Å². The standard InChI is InChI=1S/C14H31N/c1-5-9-10-11-12-13-15-14(6-2,7-3)8-4/h15H,5-13H2,1-4H3. The third kappa shape index (κ3) is 6.19. The lowest BCUT2D eigenvalue weighted by atomic mass is 9.89. The number of hydrogen-bond acceptors (Lipinski definition) is 1. The minimum Gasteiger partial charge on any atom is -0.311 e. The highest BCUT2D eigenvalue weighted by Crippen LogP contribution is 2.19. The smallest absolute Gasteiger partial charge is 0.0173 e. The second-order valence-corrected chi connectivity index (χ2v) is 4.68. The molecule has 0 fully saturated rings. The number of rotatable bonds is 10. The summed E-state index contributed by atoms with van der Waals surface area (Å²) in [7, 11) is 0. The fraction of sp³-hybridized carbons (Fsp3) is 1.00. The van der Waals surface area contributed by atoms with Crippen molar-refractivity contribution in [3.63, 3.8) is 0 Å². The topological polar surface area (TPSA) is 12.0 Å². The van der Waals surface area contributed by atoms with Crippen molar-refractivity contribution < 1.29 is 0 Å². The van der Waals surface area contributed by atoms with Gasteiger partial charge in [-0.25, -0.2) is 0 Å². The lowest BCUT2D eigenvalue weighted by Crippen LogP contribution is -2.44. The van der Waals surface area contributed by atoms with Crippen molar-refractivity contribution in [1.82, 2.24) is 5.32 Å². The zero-order chi connectivity index (χ0) is 11.6. The average Bonchev–Trinajstić information content (AvgIpc) is 2.29. The summed E-state index contributed by atoms with van der Waals surface area (Å²) in [5, 5.41) is 3.76. The highest BCUT2D eigenvalue weighted by molar-refractivity contribution is 4.83. The van der Waals surface area contributed by atoms with Crippen LogP contribution in [0, 0.1) is 0 Å². The molecule has 0 aliphatic carbocycles. The van der Waals surface area contributed by atoms with E-state index in [2.05, 4.69) is 33.0 Å². The van der Waals surface area contributed by atoms with Crippen LogP contribution in [0.3, 0.4) is 0 Å². The van der Waals surface area contributed by atoms with E-state index in [1.807, 2.05) is 0 Å². The first-order valence-electron chi connectivity index (χ1n) is 6.99. The van der Waals surface area contributed by atoms with Gasteiger partial charge in [0.1, 0.15) is 0 Å². The molecule has 0 spiro atoms. The van der Waals surface area contributed by atoms with Crippen LogP contribution in [0.1, 0.15) is 79.1 Å². The summed E-state index contributed by atoms with van der Waals surface area (Å²) in [6.07, 6.45) is 10.7. The predicted molar refractivity (Wildman–Crippen MR) is 70.4 cm³/mol. The molecule has 0 aromatic heterocycles. The van der Waals surface area contributed by atoms with Gasteiger partial charge in [0.15, 0.2) is 0 Å². The molecule has 0 saturated carbocycles. The SMILES string of the molecule is CCCCCCCNC(CC)(CC)CC. The summed E-state index contributed by atoms with van der Waals surface area (Å²) in [4.78, 5) is 0. The maximum Gasteiger partial charge on any atom is 0.0173 e. The minimum atomic E-state index is 0.421. The van der Waals surface area contributed by atoms with E-state index in [0.717, 1.165) is 0 Å². The van der Waals surface area contributed by atoms with Gasteiger partial charge in [-0.2, -0.15) is 0 Å². The fourth-order valence-electron chi connectivity index (χ4n) is 2.21. The first-order valence-corrected chi connectivity index (χ1v) is 6.99. The third-order valence-corrected chi connectivity index (χ3v) is 3.81. The van der Waals surface area contributed by atoms with Gasteiger partial charge < -0.3 is 5.32 Å². The maximum atomic E-state index is 3.76. The number of hydrogen-bond donors (Lipinski definition) is 1. The average molecular weight is 213 g/mol. The molecule has 1 nitrogen and oxygen atoms in total. The first kappa shape index (κ1) is 15.0. The monoisotopic (exact) mass is 213 g/mol. The van der Waals surface area contributed by atoms with E-state index >= 15 is 0 Å². The van der Waals surface area contributed by atoms with Crippen molar-refractivity contribution in [2.75, 3.05) is 6.54 Å². The van der Waals surface area contributed by atoms with Crippen molar-refractivity contribution in [3.8, 4) is 0 Å². The highest BCUT2D eigenvalue weighted by atomic mass is 15.0. The van der Waals surface area contributed by atoms with Crippen LogP contribution >= 0.6 is 0 Å². The van der Waals surface area contributed by atoms with Crippen molar-refractivity contribution >= 4 is 0 Å². The van der Waals surface area contributed by atoms with Gasteiger partial charge in [-0.3, -0.25) is 0 Å². The Morgan fingerprint density at radius 3 is 1.73 bits per heavy atom. The predicted octanol–water partition coefficient (Wildman–Crippen LogP) is 4.52. The van der Waals surface area contributed by atoms with E-state index in [4.69, 9.17) is 0 Å². The molecule has 1 N–H and O–H groups in total. The third-order valence-electron chi connectivity index (χ3n) is 3.81. The normalized spacial score (nSPS) is 12.0. The van der Waals surface area contributed by atoms with Gasteiger partial charge in [0.2, 0.25) is 0 Å². The molecular weight excluding hydrogens is 182 g/mol. The Labute approximate surface area is 97.0 Å². The molecular formula is C14H31N. The number of unbranched alkanes of at least 4 members (excludes halogenated alkanes) is 4. The second-order valence-electron chi connectivity index (χ2n) is 4.68. The minimum absolute atomic E-state index is 0.421. The van der Waals surface area contributed by atoms with Crippen LogP contribution in [0.25, 0.3) is 0 Å². The molecule has 0 aliphatic rings. The summed E-state index contributed by atoms with van der Waals surface area (Å²) in [6.45, 7) is 10.4. The van der Waals surface area contributed by atoms with Crippen LogP contribution in [-0.2, 0) is 0 Å². The molecule has 0 heterocycles. The van der Waals surface area contributed by atoms with Crippen LogP contribution in [0.5, 0.6) is 0 Å². The molecule has 92 valence electrons. The summed E-state index contributed by atoms with van der Waals surface area (Å²) >= 11 is 0. The van der Waals surface area contributed by atoms with Gasteiger partial charge in [0, 0.05) is 5.54 Å². The lowest BCUT2D eigenvalue weighted by molar-refractivity contribution is 0.288. The fourth-order valence-corrected chi connectivity index (χ4v) is 2.21. The molecule has 0 atom stereocenters. The van der Waals surface area contributed by atoms with Gasteiger partial charge in [-0.1, -0.05) is 53.4 Å². The molecule has 0 rings (SSSR count). The first-order chi connectivity index (χ1) is 7.24. The summed E-state index contributed by atoms with van der Waals surface area (Å²) in [6, 6.07) is 0. The largest absolute Gasteiger partial charge is 0.311 e. The van der Waals surface area contributed by atoms with Gasteiger partial charge in [0.25, 0.3) is 0 Å². The van der Waals surface area contributed by atoms with Crippen molar-refractivity contribution in [2.24, 2.45) is 0 Å². The van der Waals surface area contributed by atoms with Crippen LogP contribution in [-0.4, -0.2) is 12.1 Å². The van der Waals surface area contributed by atoms with Crippen LogP contribution in [0.4, 0.5) is 0 Å². The van der Waals surface area contributed by atoms with Gasteiger partial charge in [-0.15, -0.1) is 0 Å².